The van der Waals surface area contributed by atoms with Gasteiger partial charge in [0.15, 0.2) is 0 Å². The minimum atomic E-state index is 0.348. The summed E-state index contributed by atoms with van der Waals surface area (Å²) < 4.78 is 5.47. The fraction of sp³-hybridized carbons (Fsp3) is 1.00. The van der Waals surface area contributed by atoms with Crippen LogP contribution in [0.1, 0.15) is 20.3 Å². The van der Waals surface area contributed by atoms with Gasteiger partial charge < -0.3 is 15.0 Å². The Bertz CT molecular complexity index is 150. The van der Waals surface area contributed by atoms with E-state index in [9.17, 15) is 0 Å². The molecule has 0 aromatic rings. The molecule has 78 valence electrons. The summed E-state index contributed by atoms with van der Waals surface area (Å²) in [7, 11) is 3.95. The molecule has 1 aliphatic heterocycles. The molecule has 0 aromatic heterocycles. The van der Waals surface area contributed by atoms with Crippen LogP contribution in [0, 0.1) is 0 Å². The summed E-state index contributed by atoms with van der Waals surface area (Å²) in [6, 6.07) is 1.08. The summed E-state index contributed by atoms with van der Waals surface area (Å²) in [5, 5.41) is 3.55. The maximum Gasteiger partial charge on any atom is 0.0851 e. The summed E-state index contributed by atoms with van der Waals surface area (Å²) in [6.07, 6.45) is 1.54. The molecule has 3 nitrogen and oxygen atoms in total. The monoisotopic (exact) mass is 186 g/mol. The van der Waals surface area contributed by atoms with Gasteiger partial charge in [-0.15, -0.1) is 0 Å². The molecule has 1 aliphatic rings. The number of methoxy groups -OCH3 is 1. The Labute approximate surface area is 81.4 Å². The van der Waals surface area contributed by atoms with Crippen molar-refractivity contribution in [2.75, 3.05) is 27.2 Å². The van der Waals surface area contributed by atoms with E-state index in [2.05, 4.69) is 31.1 Å². The molecule has 2 unspecified atom stereocenters. The van der Waals surface area contributed by atoms with Gasteiger partial charge in [-0.1, -0.05) is 13.8 Å². The van der Waals surface area contributed by atoms with Crippen molar-refractivity contribution < 1.29 is 4.74 Å². The number of hydrogen-bond acceptors (Lipinski definition) is 3. The second-order valence-electron chi connectivity index (χ2n) is 4.25. The van der Waals surface area contributed by atoms with Gasteiger partial charge in [-0.05, 0) is 20.0 Å². The van der Waals surface area contributed by atoms with Crippen LogP contribution < -0.4 is 5.32 Å². The van der Waals surface area contributed by atoms with Gasteiger partial charge in [0.2, 0.25) is 0 Å². The number of ether oxygens (including phenoxy) is 1. The third-order valence-electron chi connectivity index (χ3n) is 2.61. The Balaban J connectivity index is 2.42. The van der Waals surface area contributed by atoms with Crippen LogP contribution in [0.15, 0.2) is 0 Å². The first kappa shape index (κ1) is 11.0. The number of piperidine rings is 1. The van der Waals surface area contributed by atoms with Crippen LogP contribution in [-0.2, 0) is 4.74 Å². The van der Waals surface area contributed by atoms with E-state index in [1.54, 1.807) is 7.11 Å². The summed E-state index contributed by atoms with van der Waals surface area (Å²) >= 11 is 0. The summed E-state index contributed by atoms with van der Waals surface area (Å²) in [5.41, 5.74) is 0. The first-order chi connectivity index (χ1) is 6.13. The van der Waals surface area contributed by atoms with Crippen molar-refractivity contribution >= 4 is 0 Å². The highest BCUT2D eigenvalue weighted by atomic mass is 16.5. The molecule has 0 bridgehead atoms. The maximum absolute atomic E-state index is 5.47. The first-order valence-electron chi connectivity index (χ1n) is 5.11. The molecule has 1 saturated heterocycles. The SMILES string of the molecule is COC1CN(C)CCC1NC(C)C. The predicted molar refractivity (Wildman–Crippen MR) is 55.0 cm³/mol. The minimum absolute atomic E-state index is 0.348. The van der Waals surface area contributed by atoms with E-state index in [-0.39, 0.29) is 0 Å². The average Bonchev–Trinajstić information content (AvgIpc) is 2.07. The van der Waals surface area contributed by atoms with E-state index in [4.69, 9.17) is 4.74 Å². The van der Waals surface area contributed by atoms with Gasteiger partial charge in [0, 0.05) is 25.7 Å². The van der Waals surface area contributed by atoms with Gasteiger partial charge in [0.25, 0.3) is 0 Å². The zero-order valence-electron chi connectivity index (χ0n) is 9.21. The molecule has 1 heterocycles. The van der Waals surface area contributed by atoms with Crippen molar-refractivity contribution in [3.8, 4) is 0 Å². The molecule has 0 aromatic carbocycles. The Morgan fingerprint density at radius 3 is 2.69 bits per heavy atom. The standard InChI is InChI=1S/C10H22N2O/c1-8(2)11-9-5-6-12(3)7-10(9)13-4/h8-11H,5-7H2,1-4H3. The van der Waals surface area contributed by atoms with Crippen molar-refractivity contribution in [1.29, 1.82) is 0 Å². The lowest BCUT2D eigenvalue weighted by molar-refractivity contribution is 0.0118. The molecule has 1 N–H and O–H groups in total. The predicted octanol–water partition coefficient (Wildman–Crippen LogP) is 0.703. The second kappa shape index (κ2) is 4.94. The van der Waals surface area contributed by atoms with Gasteiger partial charge in [0.05, 0.1) is 6.10 Å². The zero-order valence-corrected chi connectivity index (χ0v) is 9.21. The van der Waals surface area contributed by atoms with E-state index >= 15 is 0 Å². The maximum atomic E-state index is 5.47. The van der Waals surface area contributed by atoms with Crippen LogP contribution in [0.2, 0.25) is 0 Å². The molecule has 1 fully saturated rings. The lowest BCUT2D eigenvalue weighted by Gasteiger charge is -2.37. The summed E-state index contributed by atoms with van der Waals surface area (Å²) in [5.74, 6) is 0. The molecule has 0 radical (unpaired) electrons. The van der Waals surface area contributed by atoms with Gasteiger partial charge in [-0.2, -0.15) is 0 Å². The van der Waals surface area contributed by atoms with E-state index in [0.29, 0.717) is 18.2 Å². The van der Waals surface area contributed by atoms with Crippen molar-refractivity contribution in [2.45, 2.75) is 38.5 Å². The van der Waals surface area contributed by atoms with Crippen molar-refractivity contribution in [3.63, 3.8) is 0 Å². The molecule has 0 saturated carbocycles. The molecule has 0 aliphatic carbocycles. The lowest BCUT2D eigenvalue weighted by atomic mass is 10.0. The molecular formula is C10H22N2O. The Morgan fingerprint density at radius 1 is 1.46 bits per heavy atom. The zero-order chi connectivity index (χ0) is 9.84. The third-order valence-corrected chi connectivity index (χ3v) is 2.61. The Morgan fingerprint density at radius 2 is 2.15 bits per heavy atom. The lowest BCUT2D eigenvalue weighted by Crippen LogP contribution is -2.53. The van der Waals surface area contributed by atoms with E-state index in [1.807, 2.05) is 0 Å². The molecule has 3 heteroatoms. The molecule has 1 rings (SSSR count). The van der Waals surface area contributed by atoms with Crippen LogP contribution >= 0.6 is 0 Å². The molecule has 13 heavy (non-hydrogen) atoms. The highest BCUT2D eigenvalue weighted by Gasteiger charge is 2.27. The van der Waals surface area contributed by atoms with Crippen LogP contribution in [0.25, 0.3) is 0 Å². The van der Waals surface area contributed by atoms with E-state index in [0.717, 1.165) is 6.54 Å². The fourth-order valence-corrected chi connectivity index (χ4v) is 1.93. The van der Waals surface area contributed by atoms with Crippen molar-refractivity contribution in [1.82, 2.24) is 10.2 Å². The number of likely N-dealkylation sites (N-methyl/N-ethyl adjacent to an activating group) is 1. The van der Waals surface area contributed by atoms with Crippen molar-refractivity contribution in [2.24, 2.45) is 0 Å². The van der Waals surface area contributed by atoms with Gasteiger partial charge >= 0.3 is 0 Å². The van der Waals surface area contributed by atoms with Gasteiger partial charge in [-0.3, -0.25) is 0 Å². The molecule has 2 atom stereocenters. The number of nitrogens with one attached hydrogen (secondary N) is 1. The topological polar surface area (TPSA) is 24.5 Å². The summed E-state index contributed by atoms with van der Waals surface area (Å²) in [6.45, 7) is 6.58. The first-order valence-corrected chi connectivity index (χ1v) is 5.11. The third kappa shape index (κ3) is 3.25. The van der Waals surface area contributed by atoms with Crippen LogP contribution in [-0.4, -0.2) is 50.3 Å². The number of likely N-dealkylation sites (tertiary alicyclic amines) is 1. The Kier molecular flexibility index (Phi) is 4.16. The highest BCUT2D eigenvalue weighted by molar-refractivity contribution is 4.85. The van der Waals surface area contributed by atoms with E-state index in [1.165, 1.54) is 13.0 Å². The molecular weight excluding hydrogens is 164 g/mol. The summed E-state index contributed by atoms with van der Waals surface area (Å²) in [4.78, 5) is 2.33. The Hall–Kier alpha value is -0.120. The van der Waals surface area contributed by atoms with Gasteiger partial charge in [-0.25, -0.2) is 0 Å². The number of nitrogens with zero attached hydrogens (tertiary/aromatic N) is 1. The fourth-order valence-electron chi connectivity index (χ4n) is 1.93. The quantitative estimate of drug-likeness (QED) is 0.702. The number of rotatable bonds is 3. The highest BCUT2D eigenvalue weighted by Crippen LogP contribution is 2.12. The van der Waals surface area contributed by atoms with Crippen molar-refractivity contribution in [3.05, 3.63) is 0 Å². The normalized spacial score (nSPS) is 31.2. The minimum Gasteiger partial charge on any atom is -0.378 e. The van der Waals surface area contributed by atoms with Crippen LogP contribution in [0.3, 0.4) is 0 Å². The smallest absolute Gasteiger partial charge is 0.0851 e. The largest absolute Gasteiger partial charge is 0.378 e. The average molecular weight is 186 g/mol. The van der Waals surface area contributed by atoms with E-state index < -0.39 is 0 Å². The second-order valence-corrected chi connectivity index (χ2v) is 4.25. The number of hydrogen-bond donors (Lipinski definition) is 1. The van der Waals surface area contributed by atoms with Crippen LogP contribution in [0.4, 0.5) is 0 Å². The van der Waals surface area contributed by atoms with Gasteiger partial charge in [0.1, 0.15) is 0 Å². The van der Waals surface area contributed by atoms with Crippen LogP contribution in [0.5, 0.6) is 0 Å². The molecule has 0 amide bonds. The molecule has 0 spiro atoms.